The van der Waals surface area contributed by atoms with Crippen molar-refractivity contribution in [3.63, 3.8) is 0 Å². The molecule has 2 aromatic heterocycles. The van der Waals surface area contributed by atoms with Crippen LogP contribution in [0, 0.1) is 6.92 Å². The first-order chi connectivity index (χ1) is 15.5. The third-order valence-electron chi connectivity index (χ3n) is 4.62. The molecule has 0 saturated carbocycles. The zero-order valence-corrected chi connectivity index (χ0v) is 18.7. The van der Waals surface area contributed by atoms with E-state index in [1.807, 2.05) is 42.6 Å². The molecule has 2 amide bonds. The molecule has 0 bridgehead atoms. The number of hydrogen-bond donors (Lipinski definition) is 2. The van der Waals surface area contributed by atoms with Gasteiger partial charge in [0.1, 0.15) is 11.5 Å². The molecular formula is C25H19ClN2O3S. The van der Waals surface area contributed by atoms with Crippen molar-refractivity contribution in [2.45, 2.75) is 6.92 Å². The Labute approximate surface area is 194 Å². The third kappa shape index (κ3) is 5.35. The number of carbonyl (C=O) groups is 2. The lowest BCUT2D eigenvalue weighted by atomic mass is 10.1. The van der Waals surface area contributed by atoms with Crippen LogP contribution >= 0.6 is 22.9 Å². The van der Waals surface area contributed by atoms with Crippen LogP contribution in [0.2, 0.25) is 5.02 Å². The van der Waals surface area contributed by atoms with Crippen molar-refractivity contribution in [1.82, 2.24) is 0 Å². The van der Waals surface area contributed by atoms with Crippen molar-refractivity contribution in [2.75, 3.05) is 10.6 Å². The normalized spacial score (nSPS) is 10.9. The van der Waals surface area contributed by atoms with E-state index in [2.05, 4.69) is 10.6 Å². The van der Waals surface area contributed by atoms with Crippen LogP contribution in [-0.4, -0.2) is 11.8 Å². The fourth-order valence-electron chi connectivity index (χ4n) is 2.96. The highest BCUT2D eigenvalue weighted by Crippen LogP contribution is 2.27. The number of rotatable bonds is 6. The topological polar surface area (TPSA) is 71.3 Å². The first-order valence-corrected chi connectivity index (χ1v) is 11.0. The second kappa shape index (κ2) is 9.68. The summed E-state index contributed by atoms with van der Waals surface area (Å²) in [6.45, 7) is 1.94. The molecule has 0 fully saturated rings. The van der Waals surface area contributed by atoms with Crippen molar-refractivity contribution >= 4 is 52.2 Å². The number of hydrogen-bond acceptors (Lipinski definition) is 4. The maximum Gasteiger partial charge on any atom is 0.265 e. The highest BCUT2D eigenvalue weighted by molar-refractivity contribution is 7.12. The summed E-state index contributed by atoms with van der Waals surface area (Å²) >= 11 is 7.55. The molecule has 2 heterocycles. The zero-order valence-electron chi connectivity index (χ0n) is 17.1. The first-order valence-electron chi connectivity index (χ1n) is 9.78. The van der Waals surface area contributed by atoms with Gasteiger partial charge in [0.25, 0.3) is 5.91 Å². The number of benzene rings is 2. The summed E-state index contributed by atoms with van der Waals surface area (Å²) in [6.07, 6.45) is 2.98. The minimum absolute atomic E-state index is 0.188. The predicted molar refractivity (Wildman–Crippen MR) is 130 cm³/mol. The van der Waals surface area contributed by atoms with Gasteiger partial charge in [-0.3, -0.25) is 9.59 Å². The molecule has 7 heteroatoms. The van der Waals surface area contributed by atoms with Crippen LogP contribution < -0.4 is 10.6 Å². The molecule has 0 aliphatic heterocycles. The highest BCUT2D eigenvalue weighted by Gasteiger charge is 2.08. The van der Waals surface area contributed by atoms with Crippen LogP contribution in [0.25, 0.3) is 17.4 Å². The van der Waals surface area contributed by atoms with E-state index in [0.717, 1.165) is 11.1 Å². The maximum absolute atomic E-state index is 12.3. The Hall–Kier alpha value is -3.61. The minimum atomic E-state index is -0.317. The van der Waals surface area contributed by atoms with E-state index in [1.54, 1.807) is 42.5 Å². The van der Waals surface area contributed by atoms with Gasteiger partial charge in [0, 0.05) is 28.0 Å². The van der Waals surface area contributed by atoms with Crippen LogP contribution in [0.4, 0.5) is 11.4 Å². The second-order valence-corrected chi connectivity index (χ2v) is 8.36. The fourth-order valence-corrected chi connectivity index (χ4v) is 3.76. The summed E-state index contributed by atoms with van der Waals surface area (Å²) < 4.78 is 5.79. The Bertz CT molecular complexity index is 1290. The van der Waals surface area contributed by atoms with E-state index in [-0.39, 0.29) is 11.8 Å². The van der Waals surface area contributed by atoms with Crippen LogP contribution in [0.5, 0.6) is 0 Å². The van der Waals surface area contributed by atoms with E-state index in [4.69, 9.17) is 16.0 Å². The number of nitrogens with one attached hydrogen (secondary N) is 2. The molecule has 0 radical (unpaired) electrons. The van der Waals surface area contributed by atoms with Gasteiger partial charge in [0.2, 0.25) is 5.91 Å². The Balaban J connectivity index is 1.38. The lowest BCUT2D eigenvalue weighted by molar-refractivity contribution is -0.111. The number of halogens is 1. The smallest absolute Gasteiger partial charge is 0.265 e. The predicted octanol–water partition coefficient (Wildman–Crippen LogP) is 6.87. The minimum Gasteiger partial charge on any atom is -0.457 e. The summed E-state index contributed by atoms with van der Waals surface area (Å²) in [5.74, 6) is 0.708. The number of amides is 2. The van der Waals surface area contributed by atoms with E-state index < -0.39 is 0 Å². The zero-order chi connectivity index (χ0) is 22.5. The van der Waals surface area contributed by atoms with Crippen molar-refractivity contribution < 1.29 is 14.0 Å². The molecule has 0 aliphatic rings. The van der Waals surface area contributed by atoms with E-state index >= 15 is 0 Å². The van der Waals surface area contributed by atoms with Crippen LogP contribution in [0.15, 0.2) is 82.6 Å². The molecule has 0 spiro atoms. The van der Waals surface area contributed by atoms with E-state index in [9.17, 15) is 9.59 Å². The van der Waals surface area contributed by atoms with Gasteiger partial charge in [-0.05, 0) is 66.4 Å². The average Bonchev–Trinajstić information content (AvgIpc) is 3.47. The Kier molecular flexibility index (Phi) is 6.54. The SMILES string of the molecule is Cc1ccc(-c2ccc(C=CC(=O)Nc3cccc(NC(=O)c4cccs4)c3)o2)cc1Cl. The Morgan fingerprint density at radius 1 is 0.969 bits per heavy atom. The van der Waals surface area contributed by atoms with E-state index in [1.165, 1.54) is 17.4 Å². The van der Waals surface area contributed by atoms with Gasteiger partial charge in [-0.1, -0.05) is 35.9 Å². The lowest BCUT2D eigenvalue weighted by Crippen LogP contribution is -2.11. The van der Waals surface area contributed by atoms with Gasteiger partial charge >= 0.3 is 0 Å². The first kappa shape index (κ1) is 21.6. The molecule has 160 valence electrons. The van der Waals surface area contributed by atoms with Crippen molar-refractivity contribution in [2.24, 2.45) is 0 Å². The van der Waals surface area contributed by atoms with Crippen molar-refractivity contribution in [1.29, 1.82) is 0 Å². The molecule has 5 nitrogen and oxygen atoms in total. The molecule has 32 heavy (non-hydrogen) atoms. The van der Waals surface area contributed by atoms with Crippen LogP contribution in [0.1, 0.15) is 21.0 Å². The molecule has 4 aromatic rings. The maximum atomic E-state index is 12.3. The molecule has 0 atom stereocenters. The van der Waals surface area contributed by atoms with Crippen LogP contribution in [-0.2, 0) is 4.79 Å². The standard InChI is InChI=1S/C25H19ClN2O3S/c1-16-7-8-17(14-21(16)26)22-11-9-20(31-22)10-12-24(29)27-18-4-2-5-19(15-18)28-25(30)23-6-3-13-32-23/h2-15H,1H3,(H,27,29)(H,28,30). The summed E-state index contributed by atoms with van der Waals surface area (Å²) in [4.78, 5) is 25.1. The van der Waals surface area contributed by atoms with Crippen molar-refractivity contribution in [3.8, 4) is 11.3 Å². The molecule has 4 rings (SSSR count). The van der Waals surface area contributed by atoms with Crippen LogP contribution in [0.3, 0.4) is 0 Å². The van der Waals surface area contributed by atoms with Gasteiger partial charge in [0.15, 0.2) is 0 Å². The Morgan fingerprint density at radius 2 is 1.78 bits per heavy atom. The highest BCUT2D eigenvalue weighted by atomic mass is 35.5. The second-order valence-electron chi connectivity index (χ2n) is 7.00. The van der Waals surface area contributed by atoms with Crippen molar-refractivity contribution in [3.05, 3.63) is 99.4 Å². The molecular weight excluding hydrogens is 444 g/mol. The summed E-state index contributed by atoms with van der Waals surface area (Å²) in [6, 6.07) is 19.9. The largest absolute Gasteiger partial charge is 0.457 e. The summed E-state index contributed by atoms with van der Waals surface area (Å²) in [5, 5.41) is 8.11. The molecule has 0 saturated heterocycles. The molecule has 0 aliphatic carbocycles. The van der Waals surface area contributed by atoms with Gasteiger partial charge in [-0.15, -0.1) is 11.3 Å². The number of aryl methyl sites for hydroxylation is 1. The van der Waals surface area contributed by atoms with Gasteiger partial charge in [0.05, 0.1) is 4.88 Å². The summed E-state index contributed by atoms with van der Waals surface area (Å²) in [5.41, 5.74) is 3.02. The van der Waals surface area contributed by atoms with Gasteiger partial charge < -0.3 is 15.1 Å². The Morgan fingerprint density at radius 3 is 2.53 bits per heavy atom. The number of thiophene rings is 1. The summed E-state index contributed by atoms with van der Waals surface area (Å²) in [7, 11) is 0. The lowest BCUT2D eigenvalue weighted by Gasteiger charge is -2.07. The molecule has 0 unspecified atom stereocenters. The number of anilines is 2. The van der Waals surface area contributed by atoms with Gasteiger partial charge in [-0.2, -0.15) is 0 Å². The number of carbonyl (C=O) groups excluding carboxylic acids is 2. The van der Waals surface area contributed by atoms with E-state index in [0.29, 0.717) is 32.8 Å². The van der Waals surface area contributed by atoms with Gasteiger partial charge in [-0.25, -0.2) is 0 Å². The molecule has 2 aromatic carbocycles. The average molecular weight is 463 g/mol. The fraction of sp³-hybridized carbons (Fsp3) is 0.0400. The molecule has 2 N–H and O–H groups in total. The monoisotopic (exact) mass is 462 g/mol. The quantitative estimate of drug-likeness (QED) is 0.307. The number of furan rings is 1. The third-order valence-corrected chi connectivity index (χ3v) is 5.89.